The van der Waals surface area contributed by atoms with Crippen molar-refractivity contribution in [1.29, 1.82) is 0 Å². The Morgan fingerprint density at radius 2 is 0.818 bits per heavy atom. The summed E-state index contributed by atoms with van der Waals surface area (Å²) in [5, 5.41) is 0. The second-order valence-electron chi connectivity index (χ2n) is 2.64. The number of hydrogen-bond donors (Lipinski definition) is 0. The van der Waals surface area contributed by atoms with Crippen LogP contribution in [-0.4, -0.2) is 26.4 Å². The van der Waals surface area contributed by atoms with Crippen molar-refractivity contribution in [1.82, 2.24) is 0 Å². The molecule has 0 aromatic rings. The molecule has 2 rings (SSSR count). The van der Waals surface area contributed by atoms with Gasteiger partial charge in [-0.25, -0.2) is 0 Å². The van der Waals surface area contributed by atoms with Crippen LogP contribution in [0.4, 0.5) is 0 Å². The first-order valence-corrected chi connectivity index (χ1v) is 4.15. The van der Waals surface area contributed by atoms with Crippen LogP contribution >= 0.6 is 0 Å². The molecule has 65 valence electrons. The molecule has 2 heterocycles. The van der Waals surface area contributed by atoms with E-state index in [1.807, 2.05) is 0 Å². The molecule has 0 amide bonds. The molecule has 0 N–H and O–H groups in total. The number of ether oxygens (including phenoxy) is 2. The summed E-state index contributed by atoms with van der Waals surface area (Å²) in [4.78, 5) is 0. The predicted molar refractivity (Wildman–Crippen MR) is 40.1 cm³/mol. The van der Waals surface area contributed by atoms with Gasteiger partial charge in [-0.2, -0.15) is 0 Å². The molecule has 0 bridgehead atoms. The van der Waals surface area contributed by atoms with Crippen LogP contribution in [0.5, 0.6) is 0 Å². The van der Waals surface area contributed by atoms with Gasteiger partial charge >= 0.3 is 0 Å². The molecule has 0 aromatic heterocycles. The fourth-order valence-corrected chi connectivity index (χ4v) is 1.02. The largest absolute Gasteiger partial charge is 0.381 e. The van der Waals surface area contributed by atoms with Crippen LogP contribution in [0.25, 0.3) is 0 Å². The molecule has 3 heteroatoms. The van der Waals surface area contributed by atoms with Gasteiger partial charge in [-0.3, -0.25) is 0 Å². The van der Waals surface area contributed by atoms with Crippen molar-refractivity contribution in [2.24, 2.45) is 0 Å². The third kappa shape index (κ3) is 6.89. The first-order valence-electron chi connectivity index (χ1n) is 4.15. The molecule has 11 heavy (non-hydrogen) atoms. The van der Waals surface area contributed by atoms with Gasteiger partial charge in [0.25, 0.3) is 0 Å². The van der Waals surface area contributed by atoms with Crippen molar-refractivity contribution in [3.63, 3.8) is 0 Å². The summed E-state index contributed by atoms with van der Waals surface area (Å²) in [6.45, 7) is 4.00. The molecule has 0 aromatic carbocycles. The third-order valence-electron chi connectivity index (χ3n) is 1.65. The van der Waals surface area contributed by atoms with E-state index in [0.717, 1.165) is 26.4 Å². The van der Waals surface area contributed by atoms with E-state index in [0.29, 0.717) is 0 Å². The Bertz CT molecular complexity index is 45.3. The first kappa shape index (κ1) is 11.5. The molecule has 2 aliphatic heterocycles. The van der Waals surface area contributed by atoms with Gasteiger partial charge in [-0.15, -0.1) is 0 Å². The van der Waals surface area contributed by atoms with Crippen LogP contribution in [0.1, 0.15) is 25.7 Å². The molecule has 2 nitrogen and oxygen atoms in total. The first-order chi connectivity index (χ1) is 5.00. The molecule has 0 atom stereocenters. The molecule has 2 saturated heterocycles. The van der Waals surface area contributed by atoms with E-state index >= 15 is 0 Å². The van der Waals surface area contributed by atoms with Crippen LogP contribution < -0.4 is 0 Å². The quantitative estimate of drug-likeness (QED) is 0.584. The van der Waals surface area contributed by atoms with Gasteiger partial charge in [-0.05, 0) is 25.7 Å². The standard InChI is InChI=1S/2C4H8O.V/c2*1-2-4-5-3-1;/h2*1-4H2;. The molecule has 0 aliphatic carbocycles. The summed E-state index contributed by atoms with van der Waals surface area (Å²) in [5.41, 5.74) is 0. The van der Waals surface area contributed by atoms with Gasteiger partial charge in [0.1, 0.15) is 0 Å². The Labute approximate surface area is 80.5 Å². The summed E-state index contributed by atoms with van der Waals surface area (Å²) in [6.07, 6.45) is 5.11. The van der Waals surface area contributed by atoms with E-state index in [1.165, 1.54) is 25.7 Å². The van der Waals surface area contributed by atoms with Crippen molar-refractivity contribution < 1.29 is 28.0 Å². The van der Waals surface area contributed by atoms with Gasteiger partial charge in [-0.1, -0.05) is 0 Å². The molecular formula is C8H16O2V. The summed E-state index contributed by atoms with van der Waals surface area (Å²) in [6, 6.07) is 0. The molecule has 2 fully saturated rings. The van der Waals surface area contributed by atoms with Crippen LogP contribution in [0.15, 0.2) is 0 Å². The SMILES string of the molecule is C1CCOC1.C1CCOC1.[V]. The maximum atomic E-state index is 4.94. The summed E-state index contributed by atoms with van der Waals surface area (Å²) in [7, 11) is 0. The van der Waals surface area contributed by atoms with Gasteiger partial charge in [0, 0.05) is 45.0 Å². The predicted octanol–water partition coefficient (Wildman–Crippen LogP) is 1.59. The maximum Gasteiger partial charge on any atom is 0.0466 e. The smallest absolute Gasteiger partial charge is 0.0466 e. The third-order valence-corrected chi connectivity index (χ3v) is 1.65. The molecule has 0 unspecified atom stereocenters. The van der Waals surface area contributed by atoms with E-state index in [2.05, 4.69) is 0 Å². The van der Waals surface area contributed by atoms with E-state index < -0.39 is 0 Å². The zero-order valence-corrected chi connectivity index (χ0v) is 8.32. The van der Waals surface area contributed by atoms with Crippen molar-refractivity contribution >= 4 is 0 Å². The van der Waals surface area contributed by atoms with Crippen LogP contribution in [0.3, 0.4) is 0 Å². The average Bonchev–Trinajstić information content (AvgIpc) is 2.67. The summed E-state index contributed by atoms with van der Waals surface area (Å²) in [5.74, 6) is 0. The second-order valence-corrected chi connectivity index (χ2v) is 2.64. The molecule has 1 radical (unpaired) electrons. The Morgan fingerprint density at radius 3 is 0.909 bits per heavy atom. The van der Waals surface area contributed by atoms with E-state index in [1.54, 1.807) is 0 Å². The number of rotatable bonds is 0. The van der Waals surface area contributed by atoms with Crippen molar-refractivity contribution in [2.75, 3.05) is 26.4 Å². The molecule has 0 spiro atoms. The van der Waals surface area contributed by atoms with E-state index in [-0.39, 0.29) is 18.6 Å². The van der Waals surface area contributed by atoms with Gasteiger partial charge < -0.3 is 9.47 Å². The number of hydrogen-bond acceptors (Lipinski definition) is 2. The minimum Gasteiger partial charge on any atom is -0.381 e. The average molecular weight is 195 g/mol. The van der Waals surface area contributed by atoms with Gasteiger partial charge in [0.2, 0.25) is 0 Å². The molecule has 2 aliphatic rings. The zero-order chi connectivity index (χ0) is 7.07. The topological polar surface area (TPSA) is 18.5 Å². The van der Waals surface area contributed by atoms with Crippen LogP contribution in [-0.2, 0) is 28.0 Å². The second kappa shape index (κ2) is 8.60. The van der Waals surface area contributed by atoms with Gasteiger partial charge in [0.05, 0.1) is 0 Å². The minimum absolute atomic E-state index is 0. The normalized spacial score (nSPS) is 21.8. The summed E-state index contributed by atoms with van der Waals surface area (Å²) < 4.78 is 9.89. The van der Waals surface area contributed by atoms with Crippen molar-refractivity contribution in [3.05, 3.63) is 0 Å². The van der Waals surface area contributed by atoms with E-state index in [9.17, 15) is 0 Å². The Hall–Kier alpha value is 0.504. The minimum atomic E-state index is 0. The fourth-order valence-electron chi connectivity index (χ4n) is 1.02. The van der Waals surface area contributed by atoms with Gasteiger partial charge in [0.15, 0.2) is 0 Å². The Morgan fingerprint density at radius 1 is 0.545 bits per heavy atom. The van der Waals surface area contributed by atoms with Crippen molar-refractivity contribution in [2.45, 2.75) is 25.7 Å². The Balaban J connectivity index is 0.000000167. The Kier molecular flexibility index (Phi) is 8.99. The fraction of sp³-hybridized carbons (Fsp3) is 1.00. The molecular weight excluding hydrogens is 179 g/mol. The maximum absolute atomic E-state index is 4.94. The van der Waals surface area contributed by atoms with Crippen molar-refractivity contribution in [3.8, 4) is 0 Å². The monoisotopic (exact) mass is 195 g/mol. The molecule has 0 saturated carbocycles. The zero-order valence-electron chi connectivity index (χ0n) is 6.92. The van der Waals surface area contributed by atoms with E-state index in [4.69, 9.17) is 9.47 Å². The van der Waals surface area contributed by atoms with Crippen LogP contribution in [0, 0.1) is 0 Å². The van der Waals surface area contributed by atoms with Crippen LogP contribution in [0.2, 0.25) is 0 Å². The summed E-state index contributed by atoms with van der Waals surface area (Å²) >= 11 is 0.